The molecule has 0 radical (unpaired) electrons. The Morgan fingerprint density at radius 3 is 2.78 bits per heavy atom. The van der Waals surface area contributed by atoms with E-state index in [2.05, 4.69) is 48.9 Å². The predicted molar refractivity (Wildman–Crippen MR) is 77.1 cm³/mol. The number of benzene rings is 1. The molecule has 18 heavy (non-hydrogen) atoms. The zero-order chi connectivity index (χ0) is 13.0. The fourth-order valence-corrected chi connectivity index (χ4v) is 2.65. The second-order valence-corrected chi connectivity index (χ2v) is 4.86. The lowest BCUT2D eigenvalue weighted by atomic mass is 10.1. The van der Waals surface area contributed by atoms with Gasteiger partial charge in [0.2, 0.25) is 0 Å². The number of rotatable bonds is 6. The average molecular weight is 247 g/mol. The monoisotopic (exact) mass is 247 g/mol. The van der Waals surface area contributed by atoms with E-state index >= 15 is 0 Å². The van der Waals surface area contributed by atoms with Gasteiger partial charge in [-0.1, -0.05) is 13.8 Å². The molecule has 0 atom stereocenters. The highest BCUT2D eigenvalue weighted by atomic mass is 15.2. The largest absolute Gasteiger partial charge is 0.446 e. The molecule has 1 aliphatic rings. The third kappa shape index (κ3) is 2.85. The molecule has 0 aliphatic carbocycles. The summed E-state index contributed by atoms with van der Waals surface area (Å²) in [7, 11) is 3.84. The summed E-state index contributed by atoms with van der Waals surface area (Å²) in [5, 5.41) is 1.93. The van der Waals surface area contributed by atoms with E-state index in [9.17, 15) is 0 Å². The summed E-state index contributed by atoms with van der Waals surface area (Å²) >= 11 is 0. The summed E-state index contributed by atoms with van der Waals surface area (Å²) in [6.45, 7) is 10.2. The van der Waals surface area contributed by atoms with Gasteiger partial charge < -0.3 is 15.1 Å². The van der Waals surface area contributed by atoms with Crippen molar-refractivity contribution in [1.29, 1.82) is 0 Å². The first-order valence-corrected chi connectivity index (χ1v) is 7.01. The lowest BCUT2D eigenvalue weighted by Gasteiger charge is -2.24. The Balaban J connectivity index is 1.99. The number of hydrogen-bond donors (Lipinski definition) is 1. The van der Waals surface area contributed by atoms with Gasteiger partial charge in [-0.05, 0) is 37.2 Å². The van der Waals surface area contributed by atoms with E-state index in [1.54, 1.807) is 0 Å². The molecule has 0 aromatic heterocycles. The molecule has 0 spiro atoms. The summed E-state index contributed by atoms with van der Waals surface area (Å²) < 4.78 is 0. The number of nitrogens with zero attached hydrogens (tertiary/aromatic N) is 2. The van der Waals surface area contributed by atoms with Gasteiger partial charge in [0.05, 0.1) is 0 Å². The van der Waals surface area contributed by atoms with E-state index < -0.39 is 0 Å². The topological polar surface area (TPSA) is 23.1 Å². The second-order valence-electron chi connectivity index (χ2n) is 4.86. The molecule has 2 N–H and O–H groups in total. The summed E-state index contributed by atoms with van der Waals surface area (Å²) in [5.74, 6) is 0. The van der Waals surface area contributed by atoms with Crippen LogP contribution >= 0.6 is 0 Å². The zero-order valence-electron chi connectivity index (χ0n) is 11.7. The Hall–Kier alpha value is -1.06. The standard InChI is InChI=1S/C15H25N3/c1-4-17(5-2)10-11-18-9-8-13-12-14(16-3)6-7-15(13)18/h6-7,12H,3-5,8-11,16H2,1-2H3. The van der Waals surface area contributed by atoms with Gasteiger partial charge in [0.15, 0.2) is 0 Å². The van der Waals surface area contributed by atoms with Gasteiger partial charge in [0.1, 0.15) is 5.69 Å². The fraction of sp³-hybridized carbons (Fsp3) is 0.533. The van der Waals surface area contributed by atoms with Crippen molar-refractivity contribution in [3.05, 3.63) is 30.8 Å². The molecule has 3 nitrogen and oxygen atoms in total. The summed E-state index contributed by atoms with van der Waals surface area (Å²) in [6.07, 6.45) is 1.18. The van der Waals surface area contributed by atoms with Crippen LogP contribution in [0.5, 0.6) is 0 Å². The van der Waals surface area contributed by atoms with E-state index in [4.69, 9.17) is 0 Å². The van der Waals surface area contributed by atoms with Crippen LogP contribution in [0.2, 0.25) is 0 Å². The molecule has 1 heterocycles. The molecule has 1 aliphatic heterocycles. The smallest absolute Gasteiger partial charge is 0.103 e. The maximum atomic E-state index is 3.84. The third-order valence-corrected chi connectivity index (χ3v) is 3.91. The maximum absolute atomic E-state index is 3.84. The average Bonchev–Trinajstić information content (AvgIpc) is 2.82. The second kappa shape index (κ2) is 6.21. The van der Waals surface area contributed by atoms with E-state index in [1.165, 1.54) is 23.4 Å². The van der Waals surface area contributed by atoms with Crippen LogP contribution in [-0.2, 0) is 6.42 Å². The Morgan fingerprint density at radius 1 is 1.33 bits per heavy atom. The lowest BCUT2D eigenvalue weighted by molar-refractivity contribution is -0.504. The maximum Gasteiger partial charge on any atom is 0.103 e. The van der Waals surface area contributed by atoms with Crippen LogP contribution in [0.25, 0.3) is 0 Å². The molecular formula is C15H25N3. The summed E-state index contributed by atoms with van der Waals surface area (Å²) in [5.41, 5.74) is 4.14. The van der Waals surface area contributed by atoms with Crippen LogP contribution < -0.4 is 10.2 Å². The van der Waals surface area contributed by atoms with Crippen molar-refractivity contribution in [2.45, 2.75) is 20.3 Å². The minimum Gasteiger partial charge on any atom is -0.446 e. The van der Waals surface area contributed by atoms with Gasteiger partial charge in [-0.25, -0.2) is 0 Å². The Bertz CT molecular complexity index is 385. The highest BCUT2D eigenvalue weighted by molar-refractivity contribution is 5.61. The Labute approximate surface area is 111 Å². The van der Waals surface area contributed by atoms with Crippen LogP contribution in [0.15, 0.2) is 18.2 Å². The van der Waals surface area contributed by atoms with Gasteiger partial charge in [0, 0.05) is 31.4 Å². The van der Waals surface area contributed by atoms with Crippen molar-refractivity contribution in [3.63, 3.8) is 0 Å². The summed E-state index contributed by atoms with van der Waals surface area (Å²) in [6, 6.07) is 6.70. The molecular weight excluding hydrogens is 222 g/mol. The molecule has 100 valence electrons. The number of likely N-dealkylation sites (N-methyl/N-ethyl adjacent to an activating group) is 1. The normalized spacial score (nSPS) is 14.3. The first-order valence-electron chi connectivity index (χ1n) is 7.01. The van der Waals surface area contributed by atoms with E-state index in [0.717, 1.165) is 32.7 Å². The van der Waals surface area contributed by atoms with Gasteiger partial charge in [-0.15, -0.1) is 7.05 Å². The minimum atomic E-state index is 1.14. The lowest BCUT2D eigenvalue weighted by Crippen LogP contribution is -2.69. The number of anilines is 1. The molecule has 0 bridgehead atoms. The van der Waals surface area contributed by atoms with Crippen LogP contribution in [0.4, 0.5) is 11.4 Å². The molecule has 0 saturated heterocycles. The van der Waals surface area contributed by atoms with Crippen molar-refractivity contribution < 1.29 is 5.32 Å². The third-order valence-electron chi connectivity index (χ3n) is 3.91. The molecule has 0 saturated carbocycles. The van der Waals surface area contributed by atoms with E-state index in [0.29, 0.717) is 0 Å². The number of fused-ring (bicyclic) bond motifs is 1. The summed E-state index contributed by atoms with van der Waals surface area (Å²) in [4.78, 5) is 5.00. The van der Waals surface area contributed by atoms with Crippen molar-refractivity contribution in [1.82, 2.24) is 4.90 Å². The highest BCUT2D eigenvalue weighted by Gasteiger charge is 2.19. The van der Waals surface area contributed by atoms with Crippen LogP contribution in [0.3, 0.4) is 0 Å². The van der Waals surface area contributed by atoms with Gasteiger partial charge in [-0.2, -0.15) is 0 Å². The predicted octanol–water partition coefficient (Wildman–Crippen LogP) is 1.38. The van der Waals surface area contributed by atoms with Crippen molar-refractivity contribution >= 4 is 11.4 Å². The van der Waals surface area contributed by atoms with Gasteiger partial charge in [0.25, 0.3) is 0 Å². The van der Waals surface area contributed by atoms with E-state index in [1.807, 2.05) is 5.32 Å². The molecule has 1 aromatic carbocycles. The first-order chi connectivity index (χ1) is 8.78. The molecule has 2 rings (SSSR count). The zero-order valence-corrected chi connectivity index (χ0v) is 11.7. The first kappa shape index (κ1) is 13.4. The molecule has 0 unspecified atom stereocenters. The number of quaternary nitrogens is 1. The van der Waals surface area contributed by atoms with Crippen LogP contribution in [-0.4, -0.2) is 37.6 Å². The Kier molecular flexibility index (Phi) is 4.61. The molecule has 1 aromatic rings. The fourth-order valence-electron chi connectivity index (χ4n) is 2.65. The molecule has 3 heteroatoms. The van der Waals surface area contributed by atoms with Crippen molar-refractivity contribution in [2.75, 3.05) is 37.6 Å². The number of hydrogen-bond acceptors (Lipinski definition) is 2. The van der Waals surface area contributed by atoms with Crippen LogP contribution in [0.1, 0.15) is 19.4 Å². The molecule has 0 amide bonds. The number of nitrogens with two attached hydrogens (primary N) is 1. The quantitative estimate of drug-likeness (QED) is 0.606. The minimum absolute atomic E-state index is 1.14. The highest BCUT2D eigenvalue weighted by Crippen LogP contribution is 2.28. The van der Waals surface area contributed by atoms with Gasteiger partial charge in [-0.3, -0.25) is 0 Å². The van der Waals surface area contributed by atoms with Crippen molar-refractivity contribution in [2.24, 2.45) is 0 Å². The van der Waals surface area contributed by atoms with Crippen molar-refractivity contribution in [3.8, 4) is 0 Å². The van der Waals surface area contributed by atoms with E-state index in [-0.39, 0.29) is 0 Å². The van der Waals surface area contributed by atoms with Crippen LogP contribution in [0, 0.1) is 7.05 Å². The molecule has 0 fully saturated rings. The van der Waals surface area contributed by atoms with Gasteiger partial charge >= 0.3 is 0 Å². The Morgan fingerprint density at radius 2 is 2.11 bits per heavy atom. The SMILES string of the molecule is [CH2-][NH2+]c1ccc2c(c1)CCN2CCN(CC)CC.